The van der Waals surface area contributed by atoms with Crippen molar-refractivity contribution in [2.45, 2.75) is 83.8 Å². The molecule has 2 saturated heterocycles. The van der Waals surface area contributed by atoms with Crippen molar-refractivity contribution >= 4 is 34.2 Å². The minimum absolute atomic E-state index is 0.149. The molecular formula is C43H45FN8O4S. The number of carbonyl (C=O) groups is 2. The highest BCUT2D eigenvalue weighted by Gasteiger charge is 2.47. The fourth-order valence-electron chi connectivity index (χ4n) is 9.05. The summed E-state index contributed by atoms with van der Waals surface area (Å²) in [4.78, 5) is 46.2. The number of aromatic nitrogens is 5. The van der Waals surface area contributed by atoms with Gasteiger partial charge in [-0.1, -0.05) is 19.9 Å². The smallest absolute Gasteiger partial charge is 0.407 e. The van der Waals surface area contributed by atoms with Gasteiger partial charge < -0.3 is 35.0 Å². The van der Waals surface area contributed by atoms with Crippen molar-refractivity contribution in [1.82, 2.24) is 40.0 Å². The van der Waals surface area contributed by atoms with Crippen LogP contribution < -0.4 is 15.4 Å². The summed E-state index contributed by atoms with van der Waals surface area (Å²) in [5, 5.41) is 7.35. The molecule has 4 aromatic heterocycles. The molecular weight excluding hydrogens is 744 g/mol. The van der Waals surface area contributed by atoms with Crippen LogP contribution in [-0.2, 0) is 9.53 Å². The average Bonchev–Trinajstić information content (AvgIpc) is 3.94. The number of benzene rings is 2. The van der Waals surface area contributed by atoms with Crippen LogP contribution in [0, 0.1) is 31.5 Å². The highest BCUT2D eigenvalue weighted by molar-refractivity contribution is 7.12. The van der Waals surface area contributed by atoms with Crippen molar-refractivity contribution in [1.29, 1.82) is 0 Å². The average molecular weight is 789 g/mol. The molecule has 10 rings (SSSR count). The number of H-pyrrole nitrogens is 2. The molecule has 4 N–H and O–H groups in total. The maximum Gasteiger partial charge on any atom is 0.407 e. The molecule has 2 unspecified atom stereocenters. The van der Waals surface area contributed by atoms with Crippen molar-refractivity contribution in [3.8, 4) is 39.5 Å². The van der Waals surface area contributed by atoms with Crippen molar-refractivity contribution in [2.75, 3.05) is 13.7 Å². The number of aromatic amines is 2. The Kier molecular flexibility index (Phi) is 8.56. The summed E-state index contributed by atoms with van der Waals surface area (Å²) in [6.07, 6.45) is 6.32. The Balaban J connectivity index is 0.992. The summed E-state index contributed by atoms with van der Waals surface area (Å²) in [5.41, 5.74) is 6.43. The van der Waals surface area contributed by atoms with E-state index in [0.717, 1.165) is 57.3 Å². The number of imidazole rings is 2. The number of hydrogen-bond acceptors (Lipinski definition) is 8. The SMILES string of the molecule is COC(=O)NC(C(=O)N1CCC[C@H]1c1ncc(-c2cc(F)c3c(c2)OC(c2cc(C)c(C)s2)n2c-3cc3cc(-c4cnc([C@@H]5C[C@H]6C[C@H]6N5)[nH]4)ccc32)[nH]1)C(C)C. The number of halogens is 1. The maximum atomic E-state index is 16.7. The second kappa shape index (κ2) is 13.6. The largest absolute Gasteiger partial charge is 0.464 e. The molecule has 6 atom stereocenters. The van der Waals surface area contributed by atoms with Gasteiger partial charge in [0.25, 0.3) is 0 Å². The Morgan fingerprint density at radius 2 is 1.81 bits per heavy atom. The number of amides is 2. The van der Waals surface area contributed by atoms with E-state index < -0.39 is 24.2 Å². The van der Waals surface area contributed by atoms with Crippen LogP contribution in [0.15, 0.2) is 54.9 Å². The molecule has 57 heavy (non-hydrogen) atoms. The van der Waals surface area contributed by atoms with Crippen LogP contribution in [0.4, 0.5) is 9.18 Å². The number of fused-ring (bicyclic) bond motifs is 6. The van der Waals surface area contributed by atoms with E-state index in [4.69, 9.17) is 19.4 Å². The van der Waals surface area contributed by atoms with Crippen molar-refractivity contribution in [2.24, 2.45) is 11.8 Å². The molecule has 2 aromatic carbocycles. The van der Waals surface area contributed by atoms with Crippen LogP contribution in [0.5, 0.6) is 5.75 Å². The predicted molar refractivity (Wildman–Crippen MR) is 215 cm³/mol. The number of methoxy groups -OCH3 is 1. The first kappa shape index (κ1) is 35.9. The lowest BCUT2D eigenvalue weighted by molar-refractivity contribution is -0.135. The quantitative estimate of drug-likeness (QED) is 0.122. The van der Waals surface area contributed by atoms with Gasteiger partial charge in [-0.3, -0.25) is 9.36 Å². The Morgan fingerprint density at radius 1 is 1.02 bits per heavy atom. The van der Waals surface area contributed by atoms with Crippen LogP contribution in [0.3, 0.4) is 0 Å². The number of carbonyl (C=O) groups excluding carboxylic acids is 2. The third-order valence-electron chi connectivity index (χ3n) is 12.3. The highest BCUT2D eigenvalue weighted by atomic mass is 32.1. The molecule has 3 fully saturated rings. The van der Waals surface area contributed by atoms with Crippen molar-refractivity contribution in [3.63, 3.8) is 0 Å². The first-order chi connectivity index (χ1) is 27.5. The second-order valence-electron chi connectivity index (χ2n) is 16.3. The predicted octanol–water partition coefficient (Wildman–Crippen LogP) is 8.31. The van der Waals surface area contributed by atoms with Crippen molar-refractivity contribution in [3.05, 3.63) is 87.6 Å². The van der Waals surface area contributed by atoms with E-state index in [1.54, 1.807) is 22.4 Å². The standard InChI is InChI=1S/C43H45FN8O4S/c1-20(2)38(50-43(54)55-5)41(53)51-10-6-7-33(51)40-46-19-31(49-40)24-13-27(44)37-34-16-26-12-23(30-18-45-39(48-30)29-15-25-14-28(25)47-29)8-9-32(26)52(34)42(56-35(37)17-24)36-11-21(3)22(4)57-36/h8-9,11-13,16-20,25,28-29,33,38,42,47H,6-7,10,14-15H2,1-5H3,(H,45,48)(H,46,49)(H,50,54)/t25-,28-,29+,33+,38?,42?/m1/s1. The van der Waals surface area contributed by atoms with Crippen LogP contribution >= 0.6 is 11.3 Å². The number of rotatable bonds is 8. The van der Waals surface area contributed by atoms with Gasteiger partial charge in [0.05, 0.1) is 64.6 Å². The molecule has 1 aliphatic carbocycles. The summed E-state index contributed by atoms with van der Waals surface area (Å²) in [7, 11) is 1.28. The number of ether oxygens (including phenoxy) is 2. The van der Waals surface area contributed by atoms with E-state index in [9.17, 15) is 9.59 Å². The molecule has 4 aliphatic rings. The van der Waals surface area contributed by atoms with Crippen LogP contribution in [-0.4, -0.2) is 67.1 Å². The van der Waals surface area contributed by atoms with E-state index in [0.29, 0.717) is 47.4 Å². The lowest BCUT2D eigenvalue weighted by Gasteiger charge is -2.30. The van der Waals surface area contributed by atoms with Gasteiger partial charge in [0.2, 0.25) is 12.1 Å². The molecule has 0 bridgehead atoms. The minimum Gasteiger partial charge on any atom is -0.464 e. The van der Waals surface area contributed by atoms with Gasteiger partial charge in [-0.2, -0.15) is 0 Å². The number of thiophene rings is 1. The molecule has 1 saturated carbocycles. The number of piperidine rings is 1. The first-order valence-corrected chi connectivity index (χ1v) is 20.6. The van der Waals surface area contributed by atoms with Crippen LogP contribution in [0.25, 0.3) is 44.7 Å². The number of hydrogen-bond donors (Lipinski definition) is 4. The Hall–Kier alpha value is -5.47. The van der Waals surface area contributed by atoms with E-state index in [1.807, 2.05) is 26.1 Å². The van der Waals surface area contributed by atoms with Gasteiger partial charge in [-0.25, -0.2) is 19.2 Å². The number of likely N-dealkylation sites (tertiary alicyclic amines) is 1. The van der Waals surface area contributed by atoms with E-state index in [-0.39, 0.29) is 23.9 Å². The summed E-state index contributed by atoms with van der Waals surface area (Å²) >= 11 is 1.68. The number of nitrogens with one attached hydrogen (secondary N) is 4. The summed E-state index contributed by atoms with van der Waals surface area (Å²) in [5.74, 6) is 2.05. The van der Waals surface area contributed by atoms with E-state index >= 15 is 4.39 Å². The normalized spacial score (nSPS) is 22.6. The lowest BCUT2D eigenvalue weighted by atomic mass is 10.0. The summed E-state index contributed by atoms with van der Waals surface area (Å²) in [6.45, 7) is 8.51. The number of nitrogens with zero attached hydrogens (tertiary/aromatic N) is 4. The zero-order valence-electron chi connectivity index (χ0n) is 32.5. The summed E-state index contributed by atoms with van der Waals surface area (Å²) < 4.78 is 30.4. The molecule has 3 aliphatic heterocycles. The molecule has 0 spiro atoms. The van der Waals surface area contributed by atoms with Gasteiger partial charge in [0, 0.05) is 34.0 Å². The first-order valence-electron chi connectivity index (χ1n) is 19.8. The molecule has 2 amide bonds. The molecule has 0 radical (unpaired) electrons. The second-order valence-corrected chi connectivity index (χ2v) is 17.6. The van der Waals surface area contributed by atoms with Gasteiger partial charge >= 0.3 is 6.09 Å². The molecule has 6 aromatic rings. The van der Waals surface area contributed by atoms with E-state index in [1.165, 1.54) is 30.0 Å². The number of alkyl carbamates (subject to hydrolysis) is 1. The number of aryl methyl sites for hydroxylation is 2. The zero-order chi connectivity index (χ0) is 39.3. The van der Waals surface area contributed by atoms with E-state index in [2.05, 4.69) is 69.3 Å². The maximum absolute atomic E-state index is 16.7. The molecule has 12 nitrogen and oxygen atoms in total. The third-order valence-corrected chi connectivity index (χ3v) is 13.5. The lowest BCUT2D eigenvalue weighted by Crippen LogP contribution is -2.51. The fraction of sp³-hybridized carbons (Fsp3) is 0.395. The van der Waals surface area contributed by atoms with Gasteiger partial charge in [0.1, 0.15) is 29.3 Å². The molecule has 14 heteroatoms. The minimum atomic E-state index is -0.742. The Bertz CT molecular complexity index is 2540. The Morgan fingerprint density at radius 3 is 2.54 bits per heavy atom. The van der Waals surface area contributed by atoms with Gasteiger partial charge in [0.15, 0.2) is 0 Å². The topological polar surface area (TPSA) is 142 Å². The molecule has 294 valence electrons. The zero-order valence-corrected chi connectivity index (χ0v) is 33.3. The van der Waals surface area contributed by atoms with Crippen LogP contribution in [0.1, 0.15) is 84.8 Å². The third kappa shape index (κ3) is 6.11. The summed E-state index contributed by atoms with van der Waals surface area (Å²) in [6, 6.07) is 13.8. The fourth-order valence-corrected chi connectivity index (χ4v) is 10.1. The highest BCUT2D eigenvalue weighted by Crippen LogP contribution is 2.49. The van der Waals surface area contributed by atoms with Crippen molar-refractivity contribution < 1.29 is 23.5 Å². The van der Waals surface area contributed by atoms with Gasteiger partial charge in [-0.05, 0) is 93.3 Å². The Labute approximate surface area is 333 Å². The van der Waals surface area contributed by atoms with Crippen LogP contribution in [0.2, 0.25) is 0 Å². The molecule has 7 heterocycles. The van der Waals surface area contributed by atoms with Gasteiger partial charge in [-0.15, -0.1) is 11.3 Å². The monoisotopic (exact) mass is 788 g/mol.